The lowest BCUT2D eigenvalue weighted by Crippen LogP contribution is -2.47. The molecule has 2 aliphatic rings. The third kappa shape index (κ3) is 2.74. The van der Waals surface area contributed by atoms with Crippen molar-refractivity contribution in [1.29, 1.82) is 0 Å². The fourth-order valence-electron chi connectivity index (χ4n) is 5.02. The number of anilines is 2. The monoisotopic (exact) mass is 414 g/mol. The van der Waals surface area contributed by atoms with Crippen LogP contribution in [0.4, 0.5) is 11.5 Å². The van der Waals surface area contributed by atoms with Crippen LogP contribution in [0.2, 0.25) is 0 Å². The van der Waals surface area contributed by atoms with Crippen LogP contribution in [0.25, 0.3) is 5.69 Å². The molecular formula is C25H26N4O2. The first-order valence-corrected chi connectivity index (χ1v) is 10.7. The van der Waals surface area contributed by atoms with Crippen LogP contribution in [0.3, 0.4) is 0 Å². The van der Waals surface area contributed by atoms with Crippen LogP contribution in [0, 0.1) is 19.8 Å². The van der Waals surface area contributed by atoms with Gasteiger partial charge in [-0.15, -0.1) is 0 Å². The van der Waals surface area contributed by atoms with Gasteiger partial charge in [0.1, 0.15) is 11.2 Å². The molecule has 5 rings (SSSR count). The number of carbonyl (C=O) groups excluding carboxylic acids is 2. The van der Waals surface area contributed by atoms with Gasteiger partial charge in [-0.1, -0.05) is 49.7 Å². The van der Waals surface area contributed by atoms with Crippen molar-refractivity contribution in [3.8, 4) is 5.69 Å². The van der Waals surface area contributed by atoms with Crippen molar-refractivity contribution >= 4 is 23.3 Å². The molecule has 1 aromatic heterocycles. The second-order valence-corrected chi connectivity index (χ2v) is 9.07. The number of nitrogens with zero attached hydrogens (tertiary/aromatic N) is 3. The van der Waals surface area contributed by atoms with Gasteiger partial charge in [0.15, 0.2) is 0 Å². The van der Waals surface area contributed by atoms with Crippen LogP contribution >= 0.6 is 0 Å². The van der Waals surface area contributed by atoms with Crippen molar-refractivity contribution in [2.24, 2.45) is 5.92 Å². The van der Waals surface area contributed by atoms with E-state index in [-0.39, 0.29) is 18.2 Å². The zero-order chi connectivity index (χ0) is 21.9. The maximum atomic E-state index is 13.9. The number of nitrogens with one attached hydrogen (secondary N) is 1. The fraction of sp³-hybridized carbons (Fsp3) is 0.320. The van der Waals surface area contributed by atoms with Gasteiger partial charge in [-0.3, -0.25) is 9.59 Å². The number of carbonyl (C=O) groups is 2. The Bertz CT molecular complexity index is 1230. The summed E-state index contributed by atoms with van der Waals surface area (Å²) in [5.74, 6) is 0.673. The molecular weight excluding hydrogens is 388 g/mol. The second-order valence-electron chi connectivity index (χ2n) is 9.07. The van der Waals surface area contributed by atoms with E-state index >= 15 is 0 Å². The Morgan fingerprint density at radius 3 is 2.58 bits per heavy atom. The zero-order valence-corrected chi connectivity index (χ0v) is 18.3. The van der Waals surface area contributed by atoms with Gasteiger partial charge < -0.3 is 10.2 Å². The Labute approximate surface area is 181 Å². The number of fused-ring (bicyclic) bond motifs is 4. The van der Waals surface area contributed by atoms with Gasteiger partial charge in [0, 0.05) is 24.2 Å². The number of amides is 2. The molecule has 6 heteroatoms. The van der Waals surface area contributed by atoms with Gasteiger partial charge in [0.2, 0.25) is 11.8 Å². The lowest BCUT2D eigenvalue weighted by molar-refractivity contribution is -0.126. The highest BCUT2D eigenvalue weighted by molar-refractivity contribution is 6.15. The van der Waals surface area contributed by atoms with Crippen molar-refractivity contribution in [2.75, 3.05) is 16.8 Å². The molecule has 1 spiro atoms. The minimum absolute atomic E-state index is 0.0429. The SMILES string of the molecule is Cc1ccc(-n2ncc3c2NC(=O)CC32C(=O)N(CC(C)C)c3ccccc32)c(C)c1. The molecule has 3 aromatic rings. The number of hydrogen-bond donors (Lipinski definition) is 1. The summed E-state index contributed by atoms with van der Waals surface area (Å²) < 4.78 is 1.75. The predicted octanol–water partition coefficient (Wildman–Crippen LogP) is 4.12. The third-order valence-corrected chi connectivity index (χ3v) is 6.31. The molecule has 2 amide bonds. The third-order valence-electron chi connectivity index (χ3n) is 6.31. The van der Waals surface area contributed by atoms with E-state index in [0.29, 0.717) is 18.3 Å². The first-order chi connectivity index (χ1) is 14.8. The lowest BCUT2D eigenvalue weighted by Gasteiger charge is -2.33. The summed E-state index contributed by atoms with van der Waals surface area (Å²) in [6.45, 7) is 8.87. The minimum Gasteiger partial charge on any atom is -0.311 e. The lowest BCUT2D eigenvalue weighted by atomic mass is 9.72. The highest BCUT2D eigenvalue weighted by Gasteiger charge is 2.57. The van der Waals surface area contributed by atoms with E-state index in [1.54, 1.807) is 10.9 Å². The first kappa shape index (κ1) is 19.5. The Kier molecular flexibility index (Phi) is 4.29. The van der Waals surface area contributed by atoms with Crippen LogP contribution in [0.1, 0.15) is 42.5 Å². The molecule has 6 nitrogen and oxygen atoms in total. The molecule has 0 fully saturated rings. The summed E-state index contributed by atoms with van der Waals surface area (Å²) in [6, 6.07) is 14.0. The van der Waals surface area contributed by atoms with Crippen LogP contribution in [0.15, 0.2) is 48.7 Å². The van der Waals surface area contributed by atoms with E-state index in [9.17, 15) is 9.59 Å². The molecule has 1 unspecified atom stereocenters. The molecule has 158 valence electrons. The number of benzene rings is 2. The molecule has 2 aromatic carbocycles. The van der Waals surface area contributed by atoms with Crippen molar-refractivity contribution in [1.82, 2.24) is 9.78 Å². The summed E-state index contributed by atoms with van der Waals surface area (Å²) in [5, 5.41) is 7.63. The molecule has 0 saturated carbocycles. The summed E-state index contributed by atoms with van der Waals surface area (Å²) in [7, 11) is 0. The molecule has 2 aliphatic heterocycles. The maximum absolute atomic E-state index is 13.9. The number of aryl methyl sites for hydroxylation is 2. The van der Waals surface area contributed by atoms with Crippen molar-refractivity contribution in [3.63, 3.8) is 0 Å². The number of hydrogen-bond acceptors (Lipinski definition) is 3. The number of aromatic nitrogens is 2. The Balaban J connectivity index is 1.74. The Morgan fingerprint density at radius 2 is 1.84 bits per heavy atom. The molecule has 1 N–H and O–H groups in total. The second kappa shape index (κ2) is 6.80. The summed E-state index contributed by atoms with van der Waals surface area (Å²) >= 11 is 0. The fourth-order valence-corrected chi connectivity index (χ4v) is 5.02. The summed E-state index contributed by atoms with van der Waals surface area (Å²) in [6.07, 6.45) is 1.84. The summed E-state index contributed by atoms with van der Waals surface area (Å²) in [4.78, 5) is 28.8. The van der Waals surface area contributed by atoms with Gasteiger partial charge in [-0.2, -0.15) is 5.10 Å². The molecule has 31 heavy (non-hydrogen) atoms. The van der Waals surface area contributed by atoms with E-state index in [2.05, 4.69) is 30.3 Å². The normalized spacial score (nSPS) is 19.7. The molecule has 0 bridgehead atoms. The minimum atomic E-state index is -1.04. The van der Waals surface area contributed by atoms with Crippen molar-refractivity contribution < 1.29 is 9.59 Å². The predicted molar refractivity (Wildman–Crippen MR) is 121 cm³/mol. The van der Waals surface area contributed by atoms with Crippen LogP contribution < -0.4 is 10.2 Å². The average molecular weight is 415 g/mol. The standard InChI is InChI=1S/C25H26N4O2/c1-15(2)14-28-21-8-6-5-7-18(21)25(24(28)31)12-22(30)27-23-19(25)13-26-29(23)20-10-9-16(3)11-17(20)4/h5-11,13,15H,12,14H2,1-4H3,(H,27,30). The van der Waals surface area contributed by atoms with Gasteiger partial charge in [0.25, 0.3) is 0 Å². The van der Waals surface area contributed by atoms with Gasteiger partial charge in [-0.25, -0.2) is 4.68 Å². The topological polar surface area (TPSA) is 67.2 Å². The highest BCUT2D eigenvalue weighted by Crippen LogP contribution is 2.52. The van der Waals surface area contributed by atoms with Gasteiger partial charge in [0.05, 0.1) is 11.9 Å². The smallest absolute Gasteiger partial charge is 0.242 e. The highest BCUT2D eigenvalue weighted by atomic mass is 16.2. The van der Waals surface area contributed by atoms with Crippen LogP contribution in [0.5, 0.6) is 0 Å². The quantitative estimate of drug-likeness (QED) is 0.701. The van der Waals surface area contributed by atoms with E-state index in [1.165, 1.54) is 0 Å². The van der Waals surface area contributed by atoms with Crippen LogP contribution in [-0.4, -0.2) is 28.1 Å². The van der Waals surface area contributed by atoms with Gasteiger partial charge in [-0.05, 0) is 43.0 Å². The Morgan fingerprint density at radius 1 is 1.06 bits per heavy atom. The van der Waals surface area contributed by atoms with E-state index in [0.717, 1.165) is 33.6 Å². The largest absolute Gasteiger partial charge is 0.311 e. The number of para-hydroxylation sites is 1. The van der Waals surface area contributed by atoms with E-state index in [4.69, 9.17) is 0 Å². The van der Waals surface area contributed by atoms with E-state index in [1.807, 2.05) is 55.1 Å². The molecule has 3 heterocycles. The molecule has 0 aliphatic carbocycles. The van der Waals surface area contributed by atoms with Gasteiger partial charge >= 0.3 is 0 Å². The Hall–Kier alpha value is -3.41. The first-order valence-electron chi connectivity index (χ1n) is 10.7. The summed E-state index contributed by atoms with van der Waals surface area (Å²) in [5.41, 5.74) is 4.60. The zero-order valence-electron chi connectivity index (χ0n) is 18.3. The van der Waals surface area contributed by atoms with Crippen LogP contribution in [-0.2, 0) is 15.0 Å². The molecule has 1 atom stereocenters. The number of rotatable bonds is 3. The molecule has 0 radical (unpaired) electrons. The van der Waals surface area contributed by atoms with Crippen molar-refractivity contribution in [3.05, 3.63) is 70.9 Å². The molecule has 0 saturated heterocycles. The van der Waals surface area contributed by atoms with Crippen molar-refractivity contribution in [2.45, 2.75) is 39.5 Å². The van der Waals surface area contributed by atoms with E-state index < -0.39 is 5.41 Å². The maximum Gasteiger partial charge on any atom is 0.242 e. The average Bonchev–Trinajstić information content (AvgIpc) is 3.22.